The van der Waals surface area contributed by atoms with Gasteiger partial charge in [-0.25, -0.2) is 18.7 Å². The monoisotopic (exact) mass is 497 g/mol. The molecular formula is C25H22ClF2N5O2. The molecule has 1 N–H and O–H groups in total. The zero-order valence-electron chi connectivity index (χ0n) is 18.8. The lowest BCUT2D eigenvalue weighted by molar-refractivity contribution is 0.0539. The number of rotatable bonds is 5. The molecule has 0 radical (unpaired) electrons. The molecule has 0 spiro atoms. The van der Waals surface area contributed by atoms with Crippen LogP contribution in [0.25, 0.3) is 22.5 Å². The van der Waals surface area contributed by atoms with E-state index in [0.29, 0.717) is 35.2 Å². The van der Waals surface area contributed by atoms with E-state index in [1.165, 1.54) is 18.5 Å². The Bertz CT molecular complexity index is 1380. The number of fused-ring (bicyclic) bond motifs is 1. The van der Waals surface area contributed by atoms with Gasteiger partial charge >= 0.3 is 0 Å². The SMILES string of the molecule is C[C@@H]1CCCN(C(=O)c2ccc(F)c(F)c2-c2ncccn2)[C@@H]1CNc1nc2cc(Cl)ccc2o1. The summed E-state index contributed by atoms with van der Waals surface area (Å²) >= 11 is 6.03. The molecule has 1 fully saturated rings. The highest BCUT2D eigenvalue weighted by molar-refractivity contribution is 6.31. The van der Waals surface area contributed by atoms with Crippen molar-refractivity contribution in [3.63, 3.8) is 0 Å². The number of halogens is 3. The Labute approximate surface area is 205 Å². The fourth-order valence-electron chi connectivity index (χ4n) is 4.51. The van der Waals surface area contributed by atoms with Crippen LogP contribution in [0.4, 0.5) is 14.8 Å². The molecule has 180 valence electrons. The van der Waals surface area contributed by atoms with Crippen LogP contribution in [-0.4, -0.2) is 44.9 Å². The minimum atomic E-state index is -1.15. The van der Waals surface area contributed by atoms with E-state index in [2.05, 4.69) is 27.2 Å². The van der Waals surface area contributed by atoms with Gasteiger partial charge in [0.1, 0.15) is 5.52 Å². The van der Waals surface area contributed by atoms with E-state index < -0.39 is 17.5 Å². The van der Waals surface area contributed by atoms with Crippen LogP contribution in [-0.2, 0) is 0 Å². The first-order valence-corrected chi connectivity index (χ1v) is 11.7. The number of piperidine rings is 1. The smallest absolute Gasteiger partial charge is 0.295 e. The summed E-state index contributed by atoms with van der Waals surface area (Å²) < 4.78 is 34.7. The number of amides is 1. The number of nitrogens with one attached hydrogen (secondary N) is 1. The van der Waals surface area contributed by atoms with Gasteiger partial charge in [0, 0.05) is 30.5 Å². The van der Waals surface area contributed by atoms with Crippen LogP contribution < -0.4 is 5.32 Å². The maximum absolute atomic E-state index is 14.9. The van der Waals surface area contributed by atoms with Crippen molar-refractivity contribution in [3.05, 3.63) is 71.0 Å². The number of anilines is 1. The van der Waals surface area contributed by atoms with E-state index in [1.807, 2.05) is 0 Å². The number of likely N-dealkylation sites (tertiary alicyclic amines) is 1. The molecule has 0 saturated carbocycles. The highest BCUT2D eigenvalue weighted by Gasteiger charge is 2.34. The van der Waals surface area contributed by atoms with Crippen molar-refractivity contribution >= 4 is 34.6 Å². The normalized spacial score (nSPS) is 18.1. The molecule has 5 rings (SSSR count). The predicted octanol–water partition coefficient (Wildman–Crippen LogP) is 5.57. The second kappa shape index (κ2) is 9.58. The number of aromatic nitrogens is 3. The van der Waals surface area contributed by atoms with E-state index in [-0.39, 0.29) is 28.9 Å². The van der Waals surface area contributed by atoms with E-state index in [0.717, 1.165) is 18.9 Å². The predicted molar refractivity (Wildman–Crippen MR) is 128 cm³/mol. The highest BCUT2D eigenvalue weighted by atomic mass is 35.5. The number of nitrogens with zero attached hydrogens (tertiary/aromatic N) is 4. The van der Waals surface area contributed by atoms with Crippen LogP contribution >= 0.6 is 11.6 Å². The van der Waals surface area contributed by atoms with E-state index in [4.69, 9.17) is 16.0 Å². The molecule has 1 aliphatic heterocycles. The summed E-state index contributed by atoms with van der Waals surface area (Å²) in [4.78, 5) is 27.9. The molecule has 0 aliphatic carbocycles. The van der Waals surface area contributed by atoms with Gasteiger partial charge in [-0.1, -0.05) is 18.5 Å². The van der Waals surface area contributed by atoms with Crippen LogP contribution in [0.1, 0.15) is 30.1 Å². The zero-order chi connectivity index (χ0) is 24.5. The Morgan fingerprint density at radius 2 is 2.03 bits per heavy atom. The van der Waals surface area contributed by atoms with Crippen molar-refractivity contribution < 1.29 is 18.0 Å². The largest absolute Gasteiger partial charge is 0.424 e. The molecule has 0 bridgehead atoms. The van der Waals surface area contributed by atoms with E-state index in [1.54, 1.807) is 29.2 Å². The number of carbonyl (C=O) groups excluding carboxylic acids is 1. The highest BCUT2D eigenvalue weighted by Crippen LogP contribution is 2.31. The molecule has 3 heterocycles. The molecule has 0 unspecified atom stereocenters. The zero-order valence-corrected chi connectivity index (χ0v) is 19.6. The third kappa shape index (κ3) is 4.55. The number of hydrogen-bond acceptors (Lipinski definition) is 6. The Morgan fingerprint density at radius 1 is 1.23 bits per heavy atom. The Balaban J connectivity index is 1.44. The van der Waals surface area contributed by atoms with Gasteiger partial charge in [-0.15, -0.1) is 0 Å². The lowest BCUT2D eigenvalue weighted by Gasteiger charge is -2.40. The van der Waals surface area contributed by atoms with Gasteiger partial charge in [0.05, 0.1) is 17.2 Å². The van der Waals surface area contributed by atoms with Crippen molar-refractivity contribution in [2.45, 2.75) is 25.8 Å². The van der Waals surface area contributed by atoms with Crippen LogP contribution in [0.5, 0.6) is 0 Å². The molecule has 4 aromatic rings. The maximum Gasteiger partial charge on any atom is 0.295 e. The van der Waals surface area contributed by atoms with Crippen LogP contribution in [0.15, 0.2) is 53.2 Å². The average Bonchev–Trinajstić information content (AvgIpc) is 3.26. The first-order valence-electron chi connectivity index (χ1n) is 11.3. The van der Waals surface area contributed by atoms with Gasteiger partial charge in [0.2, 0.25) is 0 Å². The van der Waals surface area contributed by atoms with Gasteiger partial charge < -0.3 is 14.6 Å². The van der Waals surface area contributed by atoms with Crippen LogP contribution in [0.2, 0.25) is 5.02 Å². The number of benzene rings is 2. The molecule has 35 heavy (non-hydrogen) atoms. The molecule has 7 nitrogen and oxygen atoms in total. The number of oxazole rings is 1. The minimum Gasteiger partial charge on any atom is -0.424 e. The molecule has 1 amide bonds. The fourth-order valence-corrected chi connectivity index (χ4v) is 4.68. The molecule has 1 saturated heterocycles. The molecule has 1 aliphatic rings. The lowest BCUT2D eigenvalue weighted by atomic mass is 9.89. The maximum atomic E-state index is 14.9. The average molecular weight is 498 g/mol. The Morgan fingerprint density at radius 3 is 2.83 bits per heavy atom. The minimum absolute atomic E-state index is 0.0192. The summed E-state index contributed by atoms with van der Waals surface area (Å²) in [7, 11) is 0. The van der Waals surface area contributed by atoms with Crippen molar-refractivity contribution in [2.24, 2.45) is 5.92 Å². The first-order chi connectivity index (χ1) is 16.9. The summed E-state index contributed by atoms with van der Waals surface area (Å²) in [5, 5.41) is 3.74. The molecular weight excluding hydrogens is 476 g/mol. The van der Waals surface area contributed by atoms with E-state index in [9.17, 15) is 13.6 Å². The van der Waals surface area contributed by atoms with Gasteiger partial charge in [0.25, 0.3) is 11.9 Å². The standard InChI is InChI=1S/C25H22ClF2N5O2/c1-14-4-2-11-33(19(14)13-31-25-32-18-12-15(26)5-8-20(18)35-25)24(34)16-6-7-17(27)22(28)21(16)23-29-9-3-10-30-23/h3,5-10,12,14,19H,2,4,11,13H2,1H3,(H,31,32)/t14-,19-/m1/s1. The van der Waals surface area contributed by atoms with Crippen molar-refractivity contribution in [2.75, 3.05) is 18.4 Å². The van der Waals surface area contributed by atoms with Gasteiger partial charge in [-0.05, 0) is 55.2 Å². The van der Waals surface area contributed by atoms with Gasteiger partial charge in [0.15, 0.2) is 23.0 Å². The molecule has 10 heteroatoms. The Hall–Kier alpha value is -3.59. The molecule has 2 aromatic carbocycles. The first kappa shape index (κ1) is 23.2. The summed E-state index contributed by atoms with van der Waals surface area (Å²) in [6.07, 6.45) is 4.56. The van der Waals surface area contributed by atoms with Crippen LogP contribution in [0, 0.1) is 17.6 Å². The third-order valence-corrected chi connectivity index (χ3v) is 6.54. The van der Waals surface area contributed by atoms with Crippen molar-refractivity contribution in [1.29, 1.82) is 0 Å². The van der Waals surface area contributed by atoms with Crippen molar-refractivity contribution in [3.8, 4) is 11.4 Å². The van der Waals surface area contributed by atoms with Crippen LogP contribution in [0.3, 0.4) is 0 Å². The summed E-state index contributed by atoms with van der Waals surface area (Å²) in [6, 6.07) is 9.08. The molecule has 2 aromatic heterocycles. The quantitative estimate of drug-likeness (QED) is 0.388. The third-order valence-electron chi connectivity index (χ3n) is 6.30. The van der Waals surface area contributed by atoms with E-state index >= 15 is 0 Å². The second-order valence-electron chi connectivity index (χ2n) is 8.55. The van der Waals surface area contributed by atoms with Crippen molar-refractivity contribution in [1.82, 2.24) is 19.9 Å². The van der Waals surface area contributed by atoms with Gasteiger partial charge in [-0.2, -0.15) is 4.98 Å². The Kier molecular flexibility index (Phi) is 6.34. The summed E-state index contributed by atoms with van der Waals surface area (Å²) in [6.45, 7) is 2.91. The second-order valence-corrected chi connectivity index (χ2v) is 8.99. The fraction of sp³-hybridized carbons (Fsp3) is 0.280. The lowest BCUT2D eigenvalue weighted by Crippen LogP contribution is -2.51. The summed E-state index contributed by atoms with van der Waals surface area (Å²) in [5.41, 5.74) is 0.997. The topological polar surface area (TPSA) is 84.2 Å². The van der Waals surface area contributed by atoms with Gasteiger partial charge in [-0.3, -0.25) is 4.79 Å². The number of hydrogen-bond donors (Lipinski definition) is 1. The number of carbonyl (C=O) groups is 1. The summed E-state index contributed by atoms with van der Waals surface area (Å²) in [5.74, 6) is -2.51. The molecule has 2 atom stereocenters.